The molecule has 2 atom stereocenters. The van der Waals surface area contributed by atoms with E-state index in [0.717, 1.165) is 0 Å². The molecule has 5 rings (SSSR count). The van der Waals surface area contributed by atoms with E-state index in [1.807, 2.05) is 0 Å². The van der Waals surface area contributed by atoms with Gasteiger partial charge in [-0.25, -0.2) is 19.2 Å². The van der Waals surface area contributed by atoms with Crippen molar-refractivity contribution in [3.05, 3.63) is 47.5 Å². The van der Waals surface area contributed by atoms with Crippen LogP contribution < -0.4 is 9.47 Å². The van der Waals surface area contributed by atoms with Crippen molar-refractivity contribution in [3.8, 4) is 22.6 Å². The van der Waals surface area contributed by atoms with Crippen molar-refractivity contribution >= 4 is 35.7 Å². The Kier molecular flexibility index (Phi) is 10.9. The molecular weight excluding hydrogens is 664 g/mol. The van der Waals surface area contributed by atoms with E-state index in [1.54, 1.807) is 65.8 Å². The summed E-state index contributed by atoms with van der Waals surface area (Å²) in [5.74, 6) is -1.61. The lowest BCUT2D eigenvalue weighted by Gasteiger charge is -2.27. The summed E-state index contributed by atoms with van der Waals surface area (Å²) in [4.78, 5) is 79.5. The molecule has 3 aliphatic rings. The second kappa shape index (κ2) is 15.0. The van der Waals surface area contributed by atoms with E-state index in [4.69, 9.17) is 28.4 Å². The van der Waals surface area contributed by atoms with Gasteiger partial charge in [0, 0.05) is 35.3 Å². The molecule has 14 nitrogen and oxygen atoms in total. The SMILES string of the molecule is CC(C)(C)OC(=O)N1CCC[C@H]1C(=O)OCC(=O)c1ccc2c(c1)OCOc1cc(C(=O)COC(=O)[C@@H]3CCCN3C(=O)OC(C)(C)C)ccc1-2. The average molecular weight is 709 g/mol. The largest absolute Gasteiger partial charge is 0.457 e. The first-order valence-corrected chi connectivity index (χ1v) is 16.9. The summed E-state index contributed by atoms with van der Waals surface area (Å²) in [6.07, 6.45) is 0.825. The van der Waals surface area contributed by atoms with Crippen LogP contribution in [0.2, 0.25) is 0 Å². The van der Waals surface area contributed by atoms with Crippen molar-refractivity contribution in [2.45, 2.75) is 90.5 Å². The summed E-state index contributed by atoms with van der Waals surface area (Å²) in [6.45, 7) is 9.87. The number of carbonyl (C=O) groups is 6. The van der Waals surface area contributed by atoms with Gasteiger partial charge in [-0.3, -0.25) is 19.4 Å². The number of amides is 2. The minimum Gasteiger partial charge on any atom is -0.457 e. The van der Waals surface area contributed by atoms with Gasteiger partial charge in [-0.1, -0.05) is 12.1 Å². The van der Waals surface area contributed by atoms with E-state index in [2.05, 4.69) is 0 Å². The summed E-state index contributed by atoms with van der Waals surface area (Å²) in [5.41, 5.74) is 0.240. The Labute approximate surface area is 296 Å². The number of rotatable bonds is 8. The molecule has 0 aromatic heterocycles. The lowest BCUT2D eigenvalue weighted by molar-refractivity contribution is -0.148. The molecule has 0 radical (unpaired) electrons. The molecule has 2 aromatic rings. The highest BCUT2D eigenvalue weighted by atomic mass is 16.7. The number of ether oxygens (including phenoxy) is 6. The van der Waals surface area contributed by atoms with Gasteiger partial charge in [0.25, 0.3) is 0 Å². The molecule has 2 fully saturated rings. The monoisotopic (exact) mass is 708 g/mol. The van der Waals surface area contributed by atoms with Gasteiger partial charge in [-0.15, -0.1) is 0 Å². The fourth-order valence-corrected chi connectivity index (χ4v) is 5.97. The Balaban J connectivity index is 1.19. The molecule has 274 valence electrons. The highest BCUT2D eigenvalue weighted by Gasteiger charge is 2.39. The van der Waals surface area contributed by atoms with Crippen LogP contribution in [0.4, 0.5) is 9.59 Å². The predicted molar refractivity (Wildman–Crippen MR) is 181 cm³/mol. The summed E-state index contributed by atoms with van der Waals surface area (Å²) in [6, 6.07) is 7.85. The number of nitrogens with zero attached hydrogens (tertiary/aromatic N) is 2. The number of Topliss-reactive ketones (excluding diaryl/α,β-unsaturated/α-hetero) is 2. The van der Waals surface area contributed by atoms with Gasteiger partial charge in [-0.05, 0) is 91.5 Å². The van der Waals surface area contributed by atoms with Crippen LogP contribution in [0.5, 0.6) is 11.5 Å². The van der Waals surface area contributed by atoms with Crippen molar-refractivity contribution in [1.82, 2.24) is 9.80 Å². The van der Waals surface area contributed by atoms with Crippen molar-refractivity contribution < 1.29 is 57.2 Å². The highest BCUT2D eigenvalue weighted by molar-refractivity contribution is 6.01. The number of benzene rings is 2. The number of carbonyl (C=O) groups excluding carboxylic acids is 6. The molecule has 51 heavy (non-hydrogen) atoms. The molecule has 0 aliphatic carbocycles. The van der Waals surface area contributed by atoms with E-state index in [-0.39, 0.29) is 17.9 Å². The number of ketones is 2. The smallest absolute Gasteiger partial charge is 0.411 e. The quantitative estimate of drug-likeness (QED) is 0.197. The fourth-order valence-electron chi connectivity index (χ4n) is 5.97. The van der Waals surface area contributed by atoms with Crippen molar-refractivity contribution in [1.29, 1.82) is 0 Å². The molecule has 0 bridgehead atoms. The van der Waals surface area contributed by atoms with Crippen LogP contribution in [0.1, 0.15) is 87.9 Å². The van der Waals surface area contributed by atoms with Crippen LogP contribution >= 0.6 is 0 Å². The van der Waals surface area contributed by atoms with Crippen LogP contribution in [-0.4, -0.2) is 102 Å². The maximum atomic E-state index is 13.0. The summed E-state index contributed by atoms with van der Waals surface area (Å²) < 4.78 is 33.0. The number of likely N-dealkylation sites (tertiary alicyclic amines) is 2. The predicted octanol–water partition coefficient (Wildman–Crippen LogP) is 5.33. The van der Waals surface area contributed by atoms with Crippen LogP contribution in [0, 0.1) is 0 Å². The topological polar surface area (TPSA) is 164 Å². The summed E-state index contributed by atoms with van der Waals surface area (Å²) >= 11 is 0. The normalized spacial score (nSPS) is 18.3. The first-order valence-electron chi connectivity index (χ1n) is 16.9. The number of fused-ring (bicyclic) bond motifs is 3. The third kappa shape index (κ3) is 9.16. The maximum Gasteiger partial charge on any atom is 0.411 e. The Bertz CT molecular complexity index is 1580. The van der Waals surface area contributed by atoms with Gasteiger partial charge >= 0.3 is 24.1 Å². The lowest BCUT2D eigenvalue weighted by atomic mass is 9.98. The van der Waals surface area contributed by atoms with Crippen molar-refractivity contribution in [3.63, 3.8) is 0 Å². The molecule has 0 saturated carbocycles. The molecule has 2 aromatic carbocycles. The molecule has 3 aliphatic heterocycles. The Hall–Kier alpha value is -5.14. The number of hydrogen-bond donors (Lipinski definition) is 0. The third-order valence-electron chi connectivity index (χ3n) is 8.32. The van der Waals surface area contributed by atoms with Crippen molar-refractivity contribution in [2.24, 2.45) is 0 Å². The first kappa shape index (κ1) is 37.1. The fraction of sp³-hybridized carbons (Fsp3) is 0.514. The lowest BCUT2D eigenvalue weighted by Crippen LogP contribution is -2.44. The van der Waals surface area contributed by atoms with Gasteiger partial charge in [0.15, 0.2) is 24.8 Å². The molecule has 2 amide bonds. The van der Waals surface area contributed by atoms with Gasteiger partial charge in [0.1, 0.15) is 34.8 Å². The third-order valence-corrected chi connectivity index (χ3v) is 8.32. The zero-order chi connectivity index (χ0) is 37.1. The van der Waals surface area contributed by atoms with E-state index in [9.17, 15) is 28.8 Å². The number of esters is 2. The molecule has 0 N–H and O–H groups in total. The standard InChI is InChI=1S/C37H44N2O12/c1-36(2,3)50-34(44)38-15-7-9-26(38)32(42)46-19-28(40)22-11-13-24-25-14-12-23(18-31(25)49-21-48-30(24)17-22)29(41)20-47-33(43)27-10-8-16-39(27)35(45)51-37(4,5)6/h11-14,17-18,26-27H,7-10,15-16,19-21H2,1-6H3/t26-,27-/m0/s1. The van der Waals surface area contributed by atoms with E-state index in [0.29, 0.717) is 61.4 Å². The molecule has 14 heteroatoms. The minimum absolute atomic E-state index is 0.219. The minimum atomic E-state index is -0.831. The summed E-state index contributed by atoms with van der Waals surface area (Å²) in [5, 5.41) is 0. The van der Waals surface area contributed by atoms with E-state index in [1.165, 1.54) is 21.9 Å². The van der Waals surface area contributed by atoms with Crippen LogP contribution in [0.3, 0.4) is 0 Å². The highest BCUT2D eigenvalue weighted by Crippen LogP contribution is 2.40. The second-order valence-electron chi connectivity index (χ2n) is 14.6. The van der Waals surface area contributed by atoms with Gasteiger partial charge in [-0.2, -0.15) is 0 Å². The zero-order valence-electron chi connectivity index (χ0n) is 29.8. The van der Waals surface area contributed by atoms with E-state index < -0.39 is 72.2 Å². The second-order valence-corrected chi connectivity index (χ2v) is 14.6. The van der Waals surface area contributed by atoms with E-state index >= 15 is 0 Å². The molecule has 0 spiro atoms. The van der Waals surface area contributed by atoms with Gasteiger partial charge < -0.3 is 28.4 Å². The Morgan fingerprint density at radius 1 is 0.647 bits per heavy atom. The number of hydrogen-bond acceptors (Lipinski definition) is 12. The van der Waals surface area contributed by atoms with Gasteiger partial charge in [0.05, 0.1) is 0 Å². The molecular formula is C37H44N2O12. The maximum absolute atomic E-state index is 13.0. The Morgan fingerprint density at radius 3 is 1.41 bits per heavy atom. The van der Waals surface area contributed by atoms with Crippen LogP contribution in [0.25, 0.3) is 11.1 Å². The Morgan fingerprint density at radius 2 is 1.04 bits per heavy atom. The molecule has 0 unspecified atom stereocenters. The molecule has 3 heterocycles. The molecule has 2 saturated heterocycles. The van der Waals surface area contributed by atoms with Crippen molar-refractivity contribution in [2.75, 3.05) is 33.1 Å². The van der Waals surface area contributed by atoms with Crippen LogP contribution in [0.15, 0.2) is 36.4 Å². The van der Waals surface area contributed by atoms with Gasteiger partial charge in [0.2, 0.25) is 6.79 Å². The zero-order valence-corrected chi connectivity index (χ0v) is 29.8. The van der Waals surface area contributed by atoms with Crippen LogP contribution in [-0.2, 0) is 28.5 Å². The first-order chi connectivity index (χ1) is 24.0. The summed E-state index contributed by atoms with van der Waals surface area (Å²) in [7, 11) is 0. The average Bonchev–Trinajstić information content (AvgIpc) is 3.72.